The molecule has 0 aromatic heterocycles. The highest BCUT2D eigenvalue weighted by Crippen LogP contribution is 2.27. The minimum Gasteiger partial charge on any atom is -0.492 e. The van der Waals surface area contributed by atoms with Gasteiger partial charge in [-0.15, -0.1) is 0 Å². The molecule has 0 heterocycles. The molecule has 1 aromatic carbocycles. The summed E-state index contributed by atoms with van der Waals surface area (Å²) in [5.41, 5.74) is 0.617. The highest BCUT2D eigenvalue weighted by atomic mass is 16.5. The molecule has 0 saturated heterocycles. The third kappa shape index (κ3) is 4.47. The minimum atomic E-state index is 0.617. The molecule has 1 aromatic rings. The van der Waals surface area contributed by atoms with Gasteiger partial charge in [0.15, 0.2) is 0 Å². The number of hydrogen-bond acceptors (Lipinski definition) is 3. The first-order valence-corrected chi connectivity index (χ1v) is 8.04. The molecule has 3 nitrogen and oxygen atoms in total. The summed E-state index contributed by atoms with van der Waals surface area (Å²) in [5.74, 6) is 1.51. The van der Waals surface area contributed by atoms with E-state index < -0.39 is 0 Å². The van der Waals surface area contributed by atoms with Gasteiger partial charge in [0, 0.05) is 12.6 Å². The molecule has 2 unspecified atom stereocenters. The molecule has 0 bridgehead atoms. The Bertz CT molecular complexity index is 480. The Morgan fingerprint density at radius 3 is 2.81 bits per heavy atom. The fraction of sp³-hybridized carbons (Fsp3) is 0.611. The summed E-state index contributed by atoms with van der Waals surface area (Å²) < 4.78 is 5.74. The van der Waals surface area contributed by atoms with Crippen molar-refractivity contribution in [3.63, 3.8) is 0 Å². The maximum atomic E-state index is 9.02. The predicted octanol–water partition coefficient (Wildman–Crippen LogP) is 3.84. The molecule has 2 rings (SSSR count). The summed E-state index contributed by atoms with van der Waals surface area (Å²) in [7, 11) is 2.23. The van der Waals surface area contributed by atoms with E-state index in [9.17, 15) is 0 Å². The summed E-state index contributed by atoms with van der Waals surface area (Å²) in [5, 5.41) is 9.02. The van der Waals surface area contributed by atoms with Crippen LogP contribution in [0.2, 0.25) is 0 Å². The summed E-state index contributed by atoms with van der Waals surface area (Å²) in [4.78, 5) is 2.49. The number of benzene rings is 1. The topological polar surface area (TPSA) is 36.3 Å². The molecule has 1 aliphatic rings. The summed E-state index contributed by atoms with van der Waals surface area (Å²) in [6.07, 6.45) is 6.45. The van der Waals surface area contributed by atoms with Crippen molar-refractivity contribution in [1.82, 2.24) is 4.90 Å². The van der Waals surface area contributed by atoms with Gasteiger partial charge < -0.3 is 9.64 Å². The van der Waals surface area contributed by atoms with E-state index in [1.807, 2.05) is 18.2 Å². The van der Waals surface area contributed by atoms with Gasteiger partial charge >= 0.3 is 0 Å². The van der Waals surface area contributed by atoms with Gasteiger partial charge in [0.1, 0.15) is 11.8 Å². The first-order chi connectivity index (χ1) is 10.2. The van der Waals surface area contributed by atoms with E-state index in [-0.39, 0.29) is 0 Å². The minimum absolute atomic E-state index is 0.617. The van der Waals surface area contributed by atoms with Gasteiger partial charge in [-0.25, -0.2) is 0 Å². The molecule has 3 heteroatoms. The molecule has 0 aliphatic heterocycles. The van der Waals surface area contributed by atoms with Gasteiger partial charge in [-0.2, -0.15) is 5.26 Å². The largest absolute Gasteiger partial charge is 0.492 e. The summed E-state index contributed by atoms with van der Waals surface area (Å²) in [6.45, 7) is 4.11. The van der Waals surface area contributed by atoms with Crippen LogP contribution < -0.4 is 4.74 Å². The fourth-order valence-electron chi connectivity index (χ4n) is 3.30. The van der Waals surface area contributed by atoms with Crippen LogP contribution in [0.1, 0.15) is 44.6 Å². The van der Waals surface area contributed by atoms with E-state index in [0.717, 1.165) is 24.9 Å². The van der Waals surface area contributed by atoms with Gasteiger partial charge in [-0.3, -0.25) is 0 Å². The molecule has 0 N–H and O–H groups in total. The van der Waals surface area contributed by atoms with E-state index in [1.165, 1.54) is 25.7 Å². The van der Waals surface area contributed by atoms with Crippen molar-refractivity contribution in [3.8, 4) is 11.8 Å². The monoisotopic (exact) mass is 286 g/mol. The number of para-hydroxylation sites is 1. The number of rotatable bonds is 6. The van der Waals surface area contributed by atoms with E-state index in [2.05, 4.69) is 24.9 Å². The highest BCUT2D eigenvalue weighted by Gasteiger charge is 2.24. The van der Waals surface area contributed by atoms with Crippen LogP contribution in [0.15, 0.2) is 24.3 Å². The average molecular weight is 286 g/mol. The Kier molecular flexibility index (Phi) is 6.07. The second kappa shape index (κ2) is 8.05. The number of hydrogen-bond donors (Lipinski definition) is 0. The standard InChI is InChI=1S/C18H26N2O/c1-15-8-3-5-10-17(15)20(2)12-7-13-21-18-11-6-4-9-16(18)14-19/h4,6,9,11,15,17H,3,5,7-8,10,12-13H2,1-2H3. The SMILES string of the molecule is CC1CCCCC1N(C)CCCOc1ccccc1C#N. The highest BCUT2D eigenvalue weighted by molar-refractivity contribution is 5.42. The van der Waals surface area contributed by atoms with Crippen molar-refractivity contribution < 1.29 is 4.74 Å². The van der Waals surface area contributed by atoms with Gasteiger partial charge in [-0.1, -0.05) is 31.9 Å². The lowest BCUT2D eigenvalue weighted by Gasteiger charge is -2.36. The lowest BCUT2D eigenvalue weighted by Crippen LogP contribution is -2.39. The van der Waals surface area contributed by atoms with Crippen LogP contribution in [0.25, 0.3) is 0 Å². The molecular formula is C18H26N2O. The molecule has 1 fully saturated rings. The molecule has 114 valence electrons. The van der Waals surface area contributed by atoms with Crippen molar-refractivity contribution in [2.24, 2.45) is 5.92 Å². The lowest BCUT2D eigenvalue weighted by atomic mass is 9.85. The molecule has 21 heavy (non-hydrogen) atoms. The van der Waals surface area contributed by atoms with Gasteiger partial charge in [0.25, 0.3) is 0 Å². The first kappa shape index (κ1) is 15.9. The number of ether oxygens (including phenoxy) is 1. The number of nitriles is 1. The normalized spacial score (nSPS) is 22.0. The Balaban J connectivity index is 1.73. The third-order valence-corrected chi connectivity index (χ3v) is 4.55. The zero-order valence-corrected chi connectivity index (χ0v) is 13.2. The van der Waals surface area contributed by atoms with Gasteiger partial charge in [-0.05, 0) is 44.4 Å². The lowest BCUT2D eigenvalue weighted by molar-refractivity contribution is 0.131. The average Bonchev–Trinajstić information content (AvgIpc) is 2.52. The smallest absolute Gasteiger partial charge is 0.137 e. The van der Waals surface area contributed by atoms with E-state index >= 15 is 0 Å². The third-order valence-electron chi connectivity index (χ3n) is 4.55. The fourth-order valence-corrected chi connectivity index (χ4v) is 3.30. The Hall–Kier alpha value is -1.53. The Labute approximate surface area is 128 Å². The van der Waals surface area contributed by atoms with Crippen LogP contribution in [-0.4, -0.2) is 31.1 Å². The van der Waals surface area contributed by atoms with Crippen molar-refractivity contribution in [1.29, 1.82) is 5.26 Å². The van der Waals surface area contributed by atoms with Crippen molar-refractivity contribution in [2.45, 2.75) is 45.1 Å². The van der Waals surface area contributed by atoms with Crippen molar-refractivity contribution in [3.05, 3.63) is 29.8 Å². The van der Waals surface area contributed by atoms with Gasteiger partial charge in [0.2, 0.25) is 0 Å². The Morgan fingerprint density at radius 2 is 2.05 bits per heavy atom. The summed E-state index contributed by atoms with van der Waals surface area (Å²) in [6, 6.07) is 10.3. The first-order valence-electron chi connectivity index (χ1n) is 8.04. The number of nitrogens with zero attached hydrogens (tertiary/aromatic N) is 2. The Morgan fingerprint density at radius 1 is 1.29 bits per heavy atom. The van der Waals surface area contributed by atoms with Gasteiger partial charge in [0.05, 0.1) is 12.2 Å². The molecule has 2 atom stereocenters. The van der Waals surface area contributed by atoms with Crippen molar-refractivity contribution in [2.75, 3.05) is 20.2 Å². The maximum Gasteiger partial charge on any atom is 0.137 e. The van der Waals surface area contributed by atoms with E-state index in [4.69, 9.17) is 10.00 Å². The van der Waals surface area contributed by atoms with E-state index in [1.54, 1.807) is 6.07 Å². The molecule has 0 radical (unpaired) electrons. The van der Waals surface area contributed by atoms with Crippen LogP contribution in [-0.2, 0) is 0 Å². The predicted molar refractivity (Wildman–Crippen MR) is 85.3 cm³/mol. The van der Waals surface area contributed by atoms with Crippen LogP contribution in [0.3, 0.4) is 0 Å². The maximum absolute atomic E-state index is 9.02. The van der Waals surface area contributed by atoms with Crippen molar-refractivity contribution >= 4 is 0 Å². The quantitative estimate of drug-likeness (QED) is 0.746. The van der Waals surface area contributed by atoms with Crippen LogP contribution in [0, 0.1) is 17.2 Å². The molecular weight excluding hydrogens is 260 g/mol. The van der Waals surface area contributed by atoms with Crippen LogP contribution in [0.5, 0.6) is 5.75 Å². The van der Waals surface area contributed by atoms with Crippen LogP contribution >= 0.6 is 0 Å². The molecule has 1 aliphatic carbocycles. The second-order valence-electron chi connectivity index (χ2n) is 6.12. The van der Waals surface area contributed by atoms with Crippen LogP contribution in [0.4, 0.5) is 0 Å². The molecule has 0 amide bonds. The molecule has 0 spiro atoms. The second-order valence-corrected chi connectivity index (χ2v) is 6.12. The zero-order chi connectivity index (χ0) is 15.1. The zero-order valence-electron chi connectivity index (χ0n) is 13.2. The summed E-state index contributed by atoms with van der Waals surface area (Å²) >= 11 is 0. The van der Waals surface area contributed by atoms with E-state index in [0.29, 0.717) is 17.9 Å². The molecule has 1 saturated carbocycles.